The maximum atomic E-state index is 12.9. The molecule has 2 aromatic rings. The number of anilines is 2. The lowest BCUT2D eigenvalue weighted by atomic mass is 10.1. The highest BCUT2D eigenvalue weighted by Gasteiger charge is 2.31. The molecule has 1 aromatic carbocycles. The van der Waals surface area contributed by atoms with Gasteiger partial charge in [0.15, 0.2) is 0 Å². The van der Waals surface area contributed by atoms with Crippen molar-refractivity contribution in [1.82, 2.24) is 15.2 Å². The molecule has 172 valence electrons. The van der Waals surface area contributed by atoms with Crippen molar-refractivity contribution in [2.75, 3.05) is 49.6 Å². The van der Waals surface area contributed by atoms with Crippen LogP contribution in [0.15, 0.2) is 46.5 Å². The number of amides is 2. The van der Waals surface area contributed by atoms with E-state index in [4.69, 9.17) is 9.73 Å². The van der Waals surface area contributed by atoms with E-state index in [9.17, 15) is 9.59 Å². The van der Waals surface area contributed by atoms with Crippen molar-refractivity contribution in [3.05, 3.63) is 47.7 Å². The molecule has 1 aromatic heterocycles. The van der Waals surface area contributed by atoms with Gasteiger partial charge in [-0.1, -0.05) is 0 Å². The summed E-state index contributed by atoms with van der Waals surface area (Å²) in [5.74, 6) is 1.11. The van der Waals surface area contributed by atoms with Crippen LogP contribution >= 0.6 is 12.4 Å². The standard InChI is InChI=1S/C22H23N7O3.ClH/c1-14(30)25-19-5-2-15(13-24-19)21(31)27-22-26-18-12-16(28-8-10-32-11-9-28)3-4-17(18)20-23-6-7-29(20)22;/h2-5,12-13H,6-11H2,1H3,(H,24,25,30)(H,26,27,31);1H. The Bertz CT molecular complexity index is 1130. The Morgan fingerprint density at radius 3 is 2.61 bits per heavy atom. The molecule has 0 aliphatic carbocycles. The van der Waals surface area contributed by atoms with Gasteiger partial charge in [-0.25, -0.2) is 9.98 Å². The second kappa shape index (κ2) is 9.55. The Kier molecular flexibility index (Phi) is 6.57. The van der Waals surface area contributed by atoms with E-state index >= 15 is 0 Å². The molecule has 3 aliphatic heterocycles. The number of ether oxygens (including phenoxy) is 1. The number of morpholine rings is 1. The van der Waals surface area contributed by atoms with Gasteiger partial charge >= 0.3 is 0 Å². The molecule has 0 bridgehead atoms. The third-order valence-corrected chi connectivity index (χ3v) is 5.48. The predicted molar refractivity (Wildman–Crippen MR) is 128 cm³/mol. The third kappa shape index (κ3) is 4.67. The van der Waals surface area contributed by atoms with Crippen LogP contribution in [0.25, 0.3) is 0 Å². The van der Waals surface area contributed by atoms with Crippen molar-refractivity contribution in [1.29, 1.82) is 0 Å². The number of aliphatic imine (C=N–C) groups is 2. The molecule has 0 spiro atoms. The molecule has 0 radical (unpaired) electrons. The van der Waals surface area contributed by atoms with Crippen LogP contribution in [0, 0.1) is 0 Å². The minimum Gasteiger partial charge on any atom is -0.378 e. The number of carbonyl (C=O) groups excluding carboxylic acids is 2. The van der Waals surface area contributed by atoms with Crippen LogP contribution in [0.5, 0.6) is 0 Å². The molecule has 5 rings (SSSR count). The fourth-order valence-corrected chi connectivity index (χ4v) is 3.93. The molecule has 0 unspecified atom stereocenters. The number of aromatic nitrogens is 1. The van der Waals surface area contributed by atoms with Gasteiger partial charge in [0.2, 0.25) is 11.9 Å². The summed E-state index contributed by atoms with van der Waals surface area (Å²) in [6.45, 7) is 5.77. The number of hydrogen-bond acceptors (Lipinski definition) is 8. The van der Waals surface area contributed by atoms with Crippen molar-refractivity contribution in [3.63, 3.8) is 0 Å². The second-order valence-electron chi connectivity index (χ2n) is 7.66. The molecule has 33 heavy (non-hydrogen) atoms. The number of hydrogen-bond donors (Lipinski definition) is 2. The van der Waals surface area contributed by atoms with Crippen molar-refractivity contribution in [3.8, 4) is 0 Å². The number of nitrogens with zero attached hydrogens (tertiary/aromatic N) is 5. The van der Waals surface area contributed by atoms with Crippen LogP contribution in [-0.2, 0) is 9.53 Å². The highest BCUT2D eigenvalue weighted by atomic mass is 35.5. The topological polar surface area (TPSA) is 112 Å². The van der Waals surface area contributed by atoms with Gasteiger partial charge in [-0.3, -0.25) is 24.8 Å². The van der Waals surface area contributed by atoms with E-state index in [-0.39, 0.29) is 24.2 Å². The number of fused-ring (bicyclic) bond motifs is 3. The van der Waals surface area contributed by atoms with Gasteiger partial charge in [0.25, 0.3) is 5.91 Å². The molecule has 10 nitrogen and oxygen atoms in total. The Hall–Kier alpha value is -3.50. The normalized spacial score (nSPS) is 16.6. The van der Waals surface area contributed by atoms with Crippen molar-refractivity contribution < 1.29 is 14.3 Å². The number of nitrogens with one attached hydrogen (secondary N) is 2. The van der Waals surface area contributed by atoms with Crippen LogP contribution in [0.1, 0.15) is 22.8 Å². The highest BCUT2D eigenvalue weighted by molar-refractivity contribution is 6.19. The van der Waals surface area contributed by atoms with Gasteiger partial charge < -0.3 is 15.0 Å². The van der Waals surface area contributed by atoms with Crippen LogP contribution in [0.2, 0.25) is 0 Å². The molecular formula is C22H24ClN7O3. The summed E-state index contributed by atoms with van der Waals surface area (Å²) in [7, 11) is 0. The lowest BCUT2D eigenvalue weighted by Gasteiger charge is -2.31. The quantitative estimate of drug-likeness (QED) is 0.709. The van der Waals surface area contributed by atoms with Crippen LogP contribution in [0.3, 0.4) is 0 Å². The van der Waals surface area contributed by atoms with Gasteiger partial charge in [-0.15, -0.1) is 12.4 Å². The number of guanidine groups is 1. The number of pyridine rings is 1. The number of carbonyl (C=O) groups is 2. The summed E-state index contributed by atoms with van der Waals surface area (Å²) in [4.78, 5) is 41.7. The molecule has 4 heterocycles. The highest BCUT2D eigenvalue weighted by Crippen LogP contribution is 2.32. The van der Waals surface area contributed by atoms with Gasteiger partial charge in [-0.2, -0.15) is 0 Å². The summed E-state index contributed by atoms with van der Waals surface area (Å²) >= 11 is 0. The van der Waals surface area contributed by atoms with E-state index in [0.29, 0.717) is 43.6 Å². The molecule has 2 amide bonds. The van der Waals surface area contributed by atoms with E-state index < -0.39 is 0 Å². The maximum Gasteiger partial charge on any atom is 0.259 e. The molecule has 0 saturated carbocycles. The SMILES string of the molecule is CC(=O)Nc1ccc(C(=O)NC2=Nc3cc(N4CCOCC4)ccc3C3=NCCN23)cn1.Cl. The lowest BCUT2D eigenvalue weighted by Crippen LogP contribution is -2.47. The van der Waals surface area contributed by atoms with Gasteiger partial charge in [0, 0.05) is 44.0 Å². The minimum atomic E-state index is -0.329. The molecule has 1 fully saturated rings. The summed E-state index contributed by atoms with van der Waals surface area (Å²) in [5.41, 5.74) is 3.18. The molecule has 0 atom stereocenters. The van der Waals surface area contributed by atoms with E-state index in [1.165, 1.54) is 13.1 Å². The Morgan fingerprint density at radius 1 is 1.06 bits per heavy atom. The molecule has 1 saturated heterocycles. The summed E-state index contributed by atoms with van der Waals surface area (Å²) < 4.78 is 5.45. The maximum absolute atomic E-state index is 12.9. The zero-order chi connectivity index (χ0) is 22.1. The first-order valence-corrected chi connectivity index (χ1v) is 10.5. The Morgan fingerprint density at radius 2 is 1.88 bits per heavy atom. The average molecular weight is 470 g/mol. The molecule has 11 heteroatoms. The lowest BCUT2D eigenvalue weighted by molar-refractivity contribution is -0.114. The number of halogens is 1. The monoisotopic (exact) mass is 469 g/mol. The van der Waals surface area contributed by atoms with E-state index in [2.05, 4.69) is 31.6 Å². The fraction of sp³-hybridized carbons (Fsp3) is 0.318. The Labute approximate surface area is 197 Å². The number of amidine groups is 1. The van der Waals surface area contributed by atoms with Crippen LogP contribution in [-0.4, -0.2) is 72.9 Å². The summed E-state index contributed by atoms with van der Waals surface area (Å²) in [5, 5.41) is 5.49. The smallest absolute Gasteiger partial charge is 0.259 e. The largest absolute Gasteiger partial charge is 0.378 e. The first-order chi connectivity index (χ1) is 15.6. The first kappa shape index (κ1) is 22.7. The van der Waals surface area contributed by atoms with Crippen molar-refractivity contribution in [2.45, 2.75) is 6.92 Å². The predicted octanol–water partition coefficient (Wildman–Crippen LogP) is 1.79. The zero-order valence-electron chi connectivity index (χ0n) is 18.1. The van der Waals surface area contributed by atoms with Crippen LogP contribution < -0.4 is 15.5 Å². The molecule has 2 N–H and O–H groups in total. The van der Waals surface area contributed by atoms with E-state index in [0.717, 1.165) is 35.9 Å². The van der Waals surface area contributed by atoms with E-state index in [1.54, 1.807) is 12.1 Å². The second-order valence-corrected chi connectivity index (χ2v) is 7.66. The molecular weight excluding hydrogens is 446 g/mol. The minimum absolute atomic E-state index is 0. The fourth-order valence-electron chi connectivity index (χ4n) is 3.93. The van der Waals surface area contributed by atoms with Crippen LogP contribution in [0.4, 0.5) is 17.2 Å². The van der Waals surface area contributed by atoms with E-state index in [1.807, 2.05) is 17.0 Å². The van der Waals surface area contributed by atoms with Gasteiger partial charge in [0.1, 0.15) is 11.7 Å². The van der Waals surface area contributed by atoms with Crippen molar-refractivity contribution in [2.24, 2.45) is 9.98 Å². The first-order valence-electron chi connectivity index (χ1n) is 10.5. The number of rotatable bonds is 3. The zero-order valence-corrected chi connectivity index (χ0v) is 18.9. The summed E-state index contributed by atoms with van der Waals surface area (Å²) in [6, 6.07) is 9.37. The Balaban J connectivity index is 0.00000259. The third-order valence-electron chi connectivity index (χ3n) is 5.48. The molecule has 3 aliphatic rings. The summed E-state index contributed by atoms with van der Waals surface area (Å²) in [6.07, 6.45) is 1.42. The average Bonchev–Trinajstić information content (AvgIpc) is 3.30. The number of benzene rings is 1. The van der Waals surface area contributed by atoms with Crippen molar-refractivity contribution >= 4 is 53.2 Å². The van der Waals surface area contributed by atoms with Gasteiger partial charge in [-0.05, 0) is 30.3 Å². The van der Waals surface area contributed by atoms with Gasteiger partial charge in [0.05, 0.1) is 31.0 Å².